The van der Waals surface area contributed by atoms with Crippen molar-refractivity contribution in [3.05, 3.63) is 126 Å². The summed E-state index contributed by atoms with van der Waals surface area (Å²) >= 11 is 6.74. The number of hydrogen-bond donors (Lipinski definition) is 0. The van der Waals surface area contributed by atoms with E-state index < -0.39 is 0 Å². The van der Waals surface area contributed by atoms with Crippen LogP contribution in [0, 0.1) is 0 Å². The Morgan fingerprint density at radius 1 is 0.475 bits per heavy atom. The van der Waals surface area contributed by atoms with Gasteiger partial charge < -0.3 is 4.42 Å². The number of halogens is 1. The smallest absolute Gasteiger partial charge is 0.164 e. The Labute approximate surface area is 234 Å². The fourth-order valence-electron chi connectivity index (χ4n) is 5.44. The van der Waals surface area contributed by atoms with Crippen LogP contribution in [0.25, 0.3) is 77.6 Å². The maximum Gasteiger partial charge on any atom is 0.164 e. The summed E-state index contributed by atoms with van der Waals surface area (Å²) in [5.41, 5.74) is 4.26. The van der Waals surface area contributed by atoms with Gasteiger partial charge in [0.1, 0.15) is 11.2 Å². The Morgan fingerprint density at radius 2 is 1.12 bits per heavy atom. The second-order valence-corrected chi connectivity index (χ2v) is 10.2. The normalized spacial score (nSPS) is 11.6. The van der Waals surface area contributed by atoms with Crippen molar-refractivity contribution in [1.82, 2.24) is 15.0 Å². The van der Waals surface area contributed by atoms with E-state index >= 15 is 0 Å². The summed E-state index contributed by atoms with van der Waals surface area (Å²) in [4.78, 5) is 15.0. The largest absolute Gasteiger partial charge is 0.456 e. The highest BCUT2D eigenvalue weighted by Crippen LogP contribution is 2.37. The van der Waals surface area contributed by atoms with Crippen LogP contribution in [-0.2, 0) is 0 Å². The highest BCUT2D eigenvalue weighted by atomic mass is 35.5. The summed E-state index contributed by atoms with van der Waals surface area (Å²) in [7, 11) is 0. The lowest BCUT2D eigenvalue weighted by molar-refractivity contribution is 0.669. The van der Waals surface area contributed by atoms with Crippen LogP contribution in [0.2, 0.25) is 5.02 Å². The van der Waals surface area contributed by atoms with Crippen LogP contribution in [0.4, 0.5) is 0 Å². The number of nitrogens with zero attached hydrogens (tertiary/aromatic N) is 3. The zero-order chi connectivity index (χ0) is 26.6. The molecule has 6 aromatic carbocycles. The van der Waals surface area contributed by atoms with Crippen LogP contribution < -0.4 is 0 Å². The molecule has 8 rings (SSSR count). The molecule has 0 N–H and O–H groups in total. The third kappa shape index (κ3) is 3.73. The molecule has 5 heteroatoms. The van der Waals surface area contributed by atoms with Gasteiger partial charge in [-0.1, -0.05) is 103 Å². The van der Waals surface area contributed by atoms with Crippen LogP contribution in [0.1, 0.15) is 0 Å². The van der Waals surface area contributed by atoms with Crippen molar-refractivity contribution in [2.75, 3.05) is 0 Å². The van der Waals surface area contributed by atoms with E-state index in [2.05, 4.69) is 48.5 Å². The first kappa shape index (κ1) is 22.9. The number of benzene rings is 6. The number of hydrogen-bond acceptors (Lipinski definition) is 4. The molecule has 0 aliphatic carbocycles. The number of fused-ring (bicyclic) bond motifs is 5. The van der Waals surface area contributed by atoms with Gasteiger partial charge in [0.15, 0.2) is 17.5 Å². The molecule has 0 bridgehead atoms. The Kier molecular flexibility index (Phi) is 5.15. The van der Waals surface area contributed by atoms with Gasteiger partial charge in [0.05, 0.1) is 0 Å². The quantitative estimate of drug-likeness (QED) is 0.227. The predicted molar refractivity (Wildman–Crippen MR) is 163 cm³/mol. The number of para-hydroxylation sites is 1. The van der Waals surface area contributed by atoms with Crippen LogP contribution in [0.5, 0.6) is 0 Å². The molecule has 188 valence electrons. The fraction of sp³-hybridized carbons (Fsp3) is 0. The van der Waals surface area contributed by atoms with E-state index in [1.165, 1.54) is 0 Å². The second-order valence-electron chi connectivity index (χ2n) is 9.82. The van der Waals surface area contributed by atoms with Crippen molar-refractivity contribution >= 4 is 55.1 Å². The van der Waals surface area contributed by atoms with Crippen molar-refractivity contribution in [2.45, 2.75) is 0 Å². The monoisotopic (exact) mass is 533 g/mol. The maximum atomic E-state index is 6.74. The molecule has 0 amide bonds. The van der Waals surface area contributed by atoms with E-state index in [-0.39, 0.29) is 0 Å². The molecule has 0 saturated carbocycles. The van der Waals surface area contributed by atoms with Gasteiger partial charge in [0.25, 0.3) is 0 Å². The van der Waals surface area contributed by atoms with Gasteiger partial charge in [0, 0.05) is 37.9 Å². The zero-order valence-electron chi connectivity index (χ0n) is 21.2. The van der Waals surface area contributed by atoms with Gasteiger partial charge in [-0.05, 0) is 46.5 Å². The lowest BCUT2D eigenvalue weighted by Gasteiger charge is -2.11. The average molecular weight is 534 g/mol. The second kappa shape index (κ2) is 9.01. The first-order valence-corrected chi connectivity index (χ1v) is 13.4. The summed E-state index contributed by atoms with van der Waals surface area (Å²) in [6, 6.07) is 40.7. The van der Waals surface area contributed by atoms with Crippen molar-refractivity contribution in [3.8, 4) is 34.2 Å². The minimum absolute atomic E-state index is 0.561. The summed E-state index contributed by atoms with van der Waals surface area (Å²) < 4.78 is 6.17. The highest BCUT2D eigenvalue weighted by Gasteiger charge is 2.18. The molecule has 8 aromatic rings. The molecule has 0 saturated heterocycles. The van der Waals surface area contributed by atoms with Crippen molar-refractivity contribution < 1.29 is 4.42 Å². The van der Waals surface area contributed by atoms with Crippen LogP contribution in [0.15, 0.2) is 126 Å². The van der Waals surface area contributed by atoms with Crippen molar-refractivity contribution in [3.63, 3.8) is 0 Å². The van der Waals surface area contributed by atoms with Crippen molar-refractivity contribution in [2.24, 2.45) is 0 Å². The Bertz CT molecular complexity index is 2250. The lowest BCUT2D eigenvalue weighted by Crippen LogP contribution is -2.00. The Morgan fingerprint density at radius 3 is 2.00 bits per heavy atom. The number of aromatic nitrogens is 3. The molecule has 0 aliphatic rings. The van der Waals surface area contributed by atoms with Crippen LogP contribution in [0.3, 0.4) is 0 Å². The van der Waals surface area contributed by atoms with E-state index in [9.17, 15) is 0 Å². The molecule has 2 heterocycles. The average Bonchev–Trinajstić information content (AvgIpc) is 3.39. The van der Waals surface area contributed by atoms with Gasteiger partial charge in [-0.15, -0.1) is 0 Å². The first-order valence-electron chi connectivity index (χ1n) is 13.1. The van der Waals surface area contributed by atoms with E-state index in [0.717, 1.165) is 60.2 Å². The molecule has 0 radical (unpaired) electrons. The molecule has 0 spiro atoms. The molecule has 0 atom stereocenters. The predicted octanol–water partition coefficient (Wildman–Crippen LogP) is 9.73. The van der Waals surface area contributed by atoms with Crippen molar-refractivity contribution in [1.29, 1.82) is 0 Å². The third-order valence-electron chi connectivity index (χ3n) is 7.36. The maximum absolute atomic E-state index is 6.74. The molecule has 2 aromatic heterocycles. The van der Waals surface area contributed by atoms with E-state index in [4.69, 9.17) is 31.0 Å². The minimum Gasteiger partial charge on any atom is -0.456 e. The molecule has 4 nitrogen and oxygen atoms in total. The number of rotatable bonds is 3. The Balaban J connectivity index is 1.41. The molecule has 0 unspecified atom stereocenters. The summed E-state index contributed by atoms with van der Waals surface area (Å²) in [5.74, 6) is 1.74. The van der Waals surface area contributed by atoms with Gasteiger partial charge in [0.2, 0.25) is 0 Å². The number of furan rings is 1. The lowest BCUT2D eigenvalue weighted by atomic mass is 10.0. The zero-order valence-corrected chi connectivity index (χ0v) is 21.9. The topological polar surface area (TPSA) is 51.8 Å². The van der Waals surface area contributed by atoms with E-state index in [0.29, 0.717) is 22.5 Å². The fourth-order valence-corrected chi connectivity index (χ4v) is 5.73. The SMILES string of the molecule is Clc1cc(-c2nc(-c3ccc4ccccc4c3)nc(-c3cccc4oc5ccccc5c34)n2)cc2ccccc12. The van der Waals surface area contributed by atoms with Gasteiger partial charge in [-0.2, -0.15) is 0 Å². The van der Waals surface area contributed by atoms with Gasteiger partial charge >= 0.3 is 0 Å². The Hall–Kier alpha value is -5.06. The van der Waals surface area contributed by atoms with E-state index in [1.54, 1.807) is 0 Å². The summed E-state index contributed by atoms with van der Waals surface area (Å²) in [6.07, 6.45) is 0. The molecule has 0 aliphatic heterocycles. The minimum atomic E-state index is 0.561. The standard InChI is InChI=1S/C35H20ClN3O/c36-29-20-25(19-23-10-3-4-11-26(23)29)34-37-33(24-17-16-21-8-1-2-9-22(21)18-24)38-35(39-34)28-13-7-15-31-32(28)27-12-5-6-14-30(27)40-31/h1-20H. The van der Waals surface area contributed by atoms with Crippen LogP contribution in [-0.4, -0.2) is 15.0 Å². The molecule has 0 fully saturated rings. The summed E-state index contributed by atoms with van der Waals surface area (Å²) in [6.45, 7) is 0. The molecular weight excluding hydrogens is 514 g/mol. The van der Waals surface area contributed by atoms with Gasteiger partial charge in [-0.25, -0.2) is 15.0 Å². The van der Waals surface area contributed by atoms with Crippen LogP contribution >= 0.6 is 11.6 Å². The van der Waals surface area contributed by atoms with E-state index in [1.807, 2.05) is 72.8 Å². The third-order valence-corrected chi connectivity index (χ3v) is 7.67. The molecule has 40 heavy (non-hydrogen) atoms. The van der Waals surface area contributed by atoms with Gasteiger partial charge in [-0.3, -0.25) is 0 Å². The summed E-state index contributed by atoms with van der Waals surface area (Å²) in [5, 5.41) is 6.98. The molecular formula is C35H20ClN3O. The highest BCUT2D eigenvalue weighted by molar-refractivity contribution is 6.35. The first-order chi connectivity index (χ1) is 19.7.